The zero-order valence-corrected chi connectivity index (χ0v) is 30.3. The van der Waals surface area contributed by atoms with Gasteiger partial charge in [0, 0.05) is 24.9 Å². The van der Waals surface area contributed by atoms with Crippen LogP contribution in [-0.2, 0) is 14.6 Å². The molecule has 0 amide bonds. The molecule has 46 heavy (non-hydrogen) atoms. The van der Waals surface area contributed by atoms with Gasteiger partial charge >= 0.3 is 5.97 Å². The van der Waals surface area contributed by atoms with Crippen LogP contribution in [0.1, 0.15) is 118 Å². The second kappa shape index (κ2) is 11.7. The molecule has 0 aromatic rings. The molecule has 1 heterocycles. The van der Waals surface area contributed by atoms with Gasteiger partial charge in [-0.15, -0.1) is 0 Å². The van der Waals surface area contributed by atoms with Gasteiger partial charge in [-0.2, -0.15) is 0 Å². The van der Waals surface area contributed by atoms with Gasteiger partial charge in [-0.1, -0.05) is 51.8 Å². The lowest BCUT2D eigenvalue weighted by atomic mass is 9.37. The third-order valence-corrected chi connectivity index (χ3v) is 17.6. The minimum absolute atomic E-state index is 0.129. The van der Waals surface area contributed by atoms with Gasteiger partial charge < -0.3 is 15.3 Å². The largest absolute Gasteiger partial charge is 0.481 e. The Bertz CT molecular complexity index is 1370. The third kappa shape index (κ3) is 5.39. The third-order valence-electron chi connectivity index (χ3n) is 15.9. The SMILES string of the molecule is CC1(C)C(C=C2CC(C(=O)O)C2)=CCC2(C)C1CCC1(C)C3CCC4(NCCN5CCC(S(C)(=O)=O)CC5)CCC[C@@H]4C3CCC12. The van der Waals surface area contributed by atoms with Crippen LogP contribution in [0.4, 0.5) is 0 Å². The van der Waals surface area contributed by atoms with E-state index in [-0.39, 0.29) is 16.6 Å². The van der Waals surface area contributed by atoms with E-state index in [2.05, 4.69) is 50.1 Å². The van der Waals surface area contributed by atoms with E-state index in [1.807, 2.05) is 0 Å². The van der Waals surface area contributed by atoms with E-state index in [1.165, 1.54) is 81.6 Å². The van der Waals surface area contributed by atoms with E-state index in [4.69, 9.17) is 0 Å². The maximum atomic E-state index is 12.0. The maximum absolute atomic E-state index is 12.0. The number of nitrogens with zero attached hydrogens (tertiary/aromatic N) is 1. The van der Waals surface area contributed by atoms with Crippen LogP contribution in [0.5, 0.6) is 0 Å². The van der Waals surface area contributed by atoms with Crippen molar-refractivity contribution in [3.8, 4) is 0 Å². The topological polar surface area (TPSA) is 86.7 Å². The normalized spacial score (nSPS) is 44.2. The van der Waals surface area contributed by atoms with E-state index >= 15 is 0 Å². The highest BCUT2D eigenvalue weighted by molar-refractivity contribution is 7.91. The summed E-state index contributed by atoms with van der Waals surface area (Å²) in [6.45, 7) is 14.3. The van der Waals surface area contributed by atoms with Crippen LogP contribution < -0.4 is 5.32 Å². The Morgan fingerprint density at radius 2 is 1.67 bits per heavy atom. The van der Waals surface area contributed by atoms with E-state index in [1.54, 1.807) is 0 Å². The fourth-order valence-corrected chi connectivity index (χ4v) is 14.6. The first-order valence-electron chi connectivity index (χ1n) is 19.0. The van der Waals surface area contributed by atoms with Crippen molar-refractivity contribution >= 4 is 15.8 Å². The van der Waals surface area contributed by atoms with Gasteiger partial charge in [-0.3, -0.25) is 4.79 Å². The van der Waals surface area contributed by atoms with E-state index in [0.717, 1.165) is 75.5 Å². The molecular formula is C39H62N2O4S. The summed E-state index contributed by atoms with van der Waals surface area (Å²) in [7, 11) is -2.91. The van der Waals surface area contributed by atoms with Gasteiger partial charge in [0.15, 0.2) is 0 Å². The molecule has 258 valence electrons. The molecule has 0 radical (unpaired) electrons. The zero-order chi connectivity index (χ0) is 32.7. The molecule has 1 aliphatic heterocycles. The number of allylic oxidation sites excluding steroid dienone is 4. The lowest BCUT2D eigenvalue weighted by Crippen LogP contribution is -2.63. The highest BCUT2D eigenvalue weighted by Gasteiger charge is 2.65. The summed E-state index contributed by atoms with van der Waals surface area (Å²) >= 11 is 0. The van der Waals surface area contributed by atoms with Gasteiger partial charge in [0.2, 0.25) is 0 Å². The fourth-order valence-electron chi connectivity index (χ4n) is 13.5. The number of fused-ring (bicyclic) bond motifs is 7. The maximum Gasteiger partial charge on any atom is 0.307 e. The van der Waals surface area contributed by atoms with E-state index in [9.17, 15) is 18.3 Å². The Balaban J connectivity index is 1.02. The monoisotopic (exact) mass is 654 g/mol. The fraction of sp³-hybridized carbons (Fsp3) is 0.872. The molecule has 7 aliphatic rings. The van der Waals surface area contributed by atoms with Crippen molar-refractivity contribution in [2.75, 3.05) is 32.4 Å². The number of carboxylic acids is 1. The molecule has 6 fully saturated rings. The smallest absolute Gasteiger partial charge is 0.307 e. The van der Waals surface area contributed by atoms with Gasteiger partial charge in [0.25, 0.3) is 0 Å². The molecule has 6 nitrogen and oxygen atoms in total. The zero-order valence-electron chi connectivity index (χ0n) is 29.5. The standard InChI is InChI=1S/C39H62N2O4S/c1-36(2)28(25-26-23-27(24-26)35(42)43)10-16-38(4)33(36)12-17-37(3)31-11-18-39(15-6-7-32(39)30(31)8-9-34(37)38)40-19-22-41-20-13-29(14-21-41)46(5,44)45/h10,25,27,29-34,40H,6-9,11-24H2,1-5H3,(H,42,43)/t27?,30?,31?,32-,33?,34?,37?,38?,39?/m1/s1. The number of nitrogens with one attached hydrogen (secondary N) is 1. The van der Waals surface area contributed by atoms with Gasteiger partial charge in [-0.05, 0) is 148 Å². The van der Waals surface area contributed by atoms with Crippen LogP contribution >= 0.6 is 0 Å². The van der Waals surface area contributed by atoms with Crippen molar-refractivity contribution in [2.45, 2.75) is 128 Å². The Kier molecular flexibility index (Phi) is 8.49. The average Bonchev–Trinajstić information content (AvgIpc) is 3.39. The molecule has 6 aliphatic carbocycles. The summed E-state index contributed by atoms with van der Waals surface area (Å²) in [6.07, 6.45) is 22.9. The molecular weight excluding hydrogens is 593 g/mol. The van der Waals surface area contributed by atoms with Crippen LogP contribution in [0.25, 0.3) is 0 Å². The molecule has 0 spiro atoms. The summed E-state index contributed by atoms with van der Waals surface area (Å²) < 4.78 is 24.0. The molecule has 8 atom stereocenters. The number of piperidine rings is 1. The van der Waals surface area contributed by atoms with E-state index < -0.39 is 15.8 Å². The minimum atomic E-state index is -2.91. The highest BCUT2D eigenvalue weighted by Crippen LogP contribution is 2.72. The predicted molar refractivity (Wildman–Crippen MR) is 185 cm³/mol. The Morgan fingerprint density at radius 1 is 0.935 bits per heavy atom. The van der Waals surface area contributed by atoms with Gasteiger partial charge in [-0.25, -0.2) is 8.42 Å². The van der Waals surface area contributed by atoms with Crippen molar-refractivity contribution in [3.05, 3.63) is 23.3 Å². The lowest BCUT2D eigenvalue weighted by Gasteiger charge is -2.68. The van der Waals surface area contributed by atoms with Crippen molar-refractivity contribution in [1.82, 2.24) is 10.2 Å². The molecule has 7 unspecified atom stereocenters. The molecule has 0 aromatic heterocycles. The number of carboxylic acid groups (broad SMARTS) is 1. The summed E-state index contributed by atoms with van der Waals surface area (Å²) in [4.78, 5) is 13.9. The molecule has 2 N–H and O–H groups in total. The van der Waals surface area contributed by atoms with Crippen molar-refractivity contribution < 1.29 is 18.3 Å². The van der Waals surface area contributed by atoms with Crippen LogP contribution in [0.2, 0.25) is 0 Å². The molecule has 0 bridgehead atoms. The first-order valence-corrected chi connectivity index (χ1v) is 20.9. The summed E-state index contributed by atoms with van der Waals surface area (Å²) in [5.41, 5.74) is 4.02. The summed E-state index contributed by atoms with van der Waals surface area (Å²) in [5.74, 6) is 3.15. The molecule has 7 heteroatoms. The summed E-state index contributed by atoms with van der Waals surface area (Å²) in [5, 5.41) is 13.4. The van der Waals surface area contributed by atoms with Gasteiger partial charge in [0.1, 0.15) is 9.84 Å². The van der Waals surface area contributed by atoms with Crippen molar-refractivity contribution in [2.24, 2.45) is 51.8 Å². The first-order chi connectivity index (χ1) is 21.7. The lowest BCUT2D eigenvalue weighted by molar-refractivity contribution is -0.175. The number of aliphatic carboxylic acids is 1. The quantitative estimate of drug-likeness (QED) is 0.301. The number of hydrogen-bond acceptors (Lipinski definition) is 5. The van der Waals surface area contributed by atoms with Crippen LogP contribution in [0.3, 0.4) is 0 Å². The number of rotatable bonds is 7. The van der Waals surface area contributed by atoms with Crippen LogP contribution in [0, 0.1) is 51.8 Å². The predicted octanol–water partition coefficient (Wildman–Crippen LogP) is 7.26. The molecule has 1 saturated heterocycles. The van der Waals surface area contributed by atoms with Crippen molar-refractivity contribution in [1.29, 1.82) is 0 Å². The van der Waals surface area contributed by atoms with Crippen LogP contribution in [-0.4, -0.2) is 67.6 Å². The van der Waals surface area contributed by atoms with Gasteiger partial charge in [0.05, 0.1) is 11.2 Å². The summed E-state index contributed by atoms with van der Waals surface area (Å²) in [6, 6.07) is 0. The minimum Gasteiger partial charge on any atom is -0.481 e. The Labute approximate surface area is 279 Å². The number of likely N-dealkylation sites (tertiary alicyclic amines) is 1. The highest BCUT2D eigenvalue weighted by atomic mass is 32.2. The first kappa shape index (κ1) is 33.3. The number of hydrogen-bond donors (Lipinski definition) is 2. The molecule has 0 aromatic carbocycles. The second-order valence-electron chi connectivity index (χ2n) is 18.3. The van der Waals surface area contributed by atoms with Crippen molar-refractivity contribution in [3.63, 3.8) is 0 Å². The Hall–Kier alpha value is -1.18. The van der Waals surface area contributed by atoms with E-state index in [0.29, 0.717) is 22.3 Å². The number of sulfone groups is 1. The molecule has 7 rings (SSSR count). The second-order valence-corrected chi connectivity index (χ2v) is 20.7. The average molecular weight is 655 g/mol. The Morgan fingerprint density at radius 3 is 2.37 bits per heavy atom. The molecule has 5 saturated carbocycles. The van der Waals surface area contributed by atoms with Crippen LogP contribution in [0.15, 0.2) is 23.3 Å². The number of carbonyl (C=O) groups is 1.